The normalized spacial score (nSPS) is 10.5. The maximum atomic E-state index is 12.3. The minimum absolute atomic E-state index is 0.355. The summed E-state index contributed by atoms with van der Waals surface area (Å²) in [6, 6.07) is 8.74. The number of benzene rings is 1. The summed E-state index contributed by atoms with van der Waals surface area (Å²) in [7, 11) is 0. The maximum Gasteiger partial charge on any atom is 0.323 e. The third kappa shape index (κ3) is 4.02. The van der Waals surface area contributed by atoms with Gasteiger partial charge in [-0.25, -0.2) is 9.78 Å². The first-order valence-electron chi connectivity index (χ1n) is 7.92. The predicted octanol–water partition coefficient (Wildman–Crippen LogP) is 4.93. The Bertz CT molecular complexity index is 935. The second kappa shape index (κ2) is 7.57. The molecule has 0 radical (unpaired) electrons. The number of carbonyl (C=O) groups is 1. The Morgan fingerprint density at radius 1 is 1.19 bits per heavy atom. The maximum absolute atomic E-state index is 12.3. The van der Waals surface area contributed by atoms with E-state index in [1.54, 1.807) is 12.3 Å². The van der Waals surface area contributed by atoms with Gasteiger partial charge in [0, 0.05) is 18.0 Å². The van der Waals surface area contributed by atoms with Crippen LogP contribution in [-0.4, -0.2) is 21.2 Å². The van der Waals surface area contributed by atoms with Crippen LogP contribution in [0.25, 0.3) is 0 Å². The lowest BCUT2D eigenvalue weighted by Gasteiger charge is -2.12. The van der Waals surface area contributed by atoms with E-state index in [1.165, 1.54) is 0 Å². The molecule has 0 atom stereocenters. The molecule has 3 rings (SSSR count). The SMILES string of the molecule is Cc1ccc(NC(=O)Nc2c(C)n[nH]c2C)cc1Oc1ncccc1Br. The van der Waals surface area contributed by atoms with Gasteiger partial charge in [-0.05, 0) is 60.5 Å². The van der Waals surface area contributed by atoms with Crippen LogP contribution in [0.2, 0.25) is 0 Å². The molecule has 0 unspecified atom stereocenters. The fourth-order valence-electron chi connectivity index (χ4n) is 2.35. The average Bonchev–Trinajstić information content (AvgIpc) is 2.92. The van der Waals surface area contributed by atoms with Gasteiger partial charge in [-0.2, -0.15) is 5.10 Å². The number of nitrogens with one attached hydrogen (secondary N) is 3. The Morgan fingerprint density at radius 2 is 2.00 bits per heavy atom. The van der Waals surface area contributed by atoms with E-state index < -0.39 is 0 Å². The summed E-state index contributed by atoms with van der Waals surface area (Å²) in [5.41, 5.74) is 3.73. The molecule has 134 valence electrons. The topological polar surface area (TPSA) is 91.9 Å². The predicted molar refractivity (Wildman–Crippen MR) is 104 cm³/mol. The van der Waals surface area contributed by atoms with Crippen molar-refractivity contribution in [1.82, 2.24) is 15.2 Å². The van der Waals surface area contributed by atoms with E-state index in [0.717, 1.165) is 21.4 Å². The summed E-state index contributed by atoms with van der Waals surface area (Å²) in [6.45, 7) is 5.59. The molecule has 0 saturated carbocycles. The van der Waals surface area contributed by atoms with E-state index in [-0.39, 0.29) is 6.03 Å². The molecule has 3 aromatic rings. The Labute approximate surface area is 159 Å². The minimum Gasteiger partial charge on any atom is -0.438 e. The van der Waals surface area contributed by atoms with E-state index >= 15 is 0 Å². The molecule has 0 spiro atoms. The summed E-state index contributed by atoms with van der Waals surface area (Å²) in [5.74, 6) is 1.07. The Balaban J connectivity index is 1.75. The highest BCUT2D eigenvalue weighted by Gasteiger charge is 2.12. The van der Waals surface area contributed by atoms with Crippen LogP contribution in [0.1, 0.15) is 17.0 Å². The second-order valence-electron chi connectivity index (χ2n) is 5.76. The van der Waals surface area contributed by atoms with Gasteiger partial charge in [-0.1, -0.05) is 6.07 Å². The van der Waals surface area contributed by atoms with E-state index in [2.05, 4.69) is 41.7 Å². The first-order valence-corrected chi connectivity index (χ1v) is 8.72. The van der Waals surface area contributed by atoms with Gasteiger partial charge in [0.25, 0.3) is 0 Å². The number of pyridine rings is 1. The van der Waals surface area contributed by atoms with Gasteiger partial charge in [0.15, 0.2) is 0 Å². The van der Waals surface area contributed by atoms with Crippen molar-refractivity contribution in [2.24, 2.45) is 0 Å². The fourth-order valence-corrected chi connectivity index (χ4v) is 2.69. The number of halogens is 1. The summed E-state index contributed by atoms with van der Waals surface area (Å²) < 4.78 is 6.61. The van der Waals surface area contributed by atoms with Gasteiger partial charge < -0.3 is 15.4 Å². The molecule has 7 nitrogen and oxygen atoms in total. The number of aryl methyl sites for hydroxylation is 3. The van der Waals surface area contributed by atoms with Crippen LogP contribution in [0.3, 0.4) is 0 Å². The molecular weight excluding hydrogens is 398 g/mol. The molecule has 2 aromatic heterocycles. The molecule has 26 heavy (non-hydrogen) atoms. The molecule has 0 fully saturated rings. The van der Waals surface area contributed by atoms with Crippen LogP contribution < -0.4 is 15.4 Å². The fraction of sp³-hybridized carbons (Fsp3) is 0.167. The van der Waals surface area contributed by atoms with Crippen LogP contribution in [0.4, 0.5) is 16.2 Å². The lowest BCUT2D eigenvalue weighted by atomic mass is 10.2. The molecule has 0 aliphatic rings. The number of amides is 2. The highest BCUT2D eigenvalue weighted by Crippen LogP contribution is 2.31. The number of urea groups is 1. The summed E-state index contributed by atoms with van der Waals surface area (Å²) >= 11 is 3.41. The monoisotopic (exact) mass is 415 g/mol. The molecule has 1 aromatic carbocycles. The third-order valence-electron chi connectivity index (χ3n) is 3.74. The second-order valence-corrected chi connectivity index (χ2v) is 6.62. The average molecular weight is 416 g/mol. The van der Waals surface area contributed by atoms with Crippen molar-refractivity contribution in [2.75, 3.05) is 10.6 Å². The van der Waals surface area contributed by atoms with Gasteiger partial charge in [0.05, 0.1) is 21.5 Å². The van der Waals surface area contributed by atoms with Gasteiger partial charge in [-0.15, -0.1) is 0 Å². The number of carbonyl (C=O) groups excluding carboxylic acids is 1. The van der Waals surface area contributed by atoms with Crippen LogP contribution in [-0.2, 0) is 0 Å². The highest BCUT2D eigenvalue weighted by molar-refractivity contribution is 9.10. The van der Waals surface area contributed by atoms with Gasteiger partial charge in [0.2, 0.25) is 5.88 Å². The Morgan fingerprint density at radius 3 is 2.69 bits per heavy atom. The molecule has 0 saturated heterocycles. The molecule has 3 N–H and O–H groups in total. The summed E-state index contributed by atoms with van der Waals surface area (Å²) in [4.78, 5) is 16.5. The molecule has 8 heteroatoms. The zero-order valence-electron chi connectivity index (χ0n) is 14.6. The van der Waals surface area contributed by atoms with Gasteiger partial charge >= 0.3 is 6.03 Å². The number of H-pyrrole nitrogens is 1. The van der Waals surface area contributed by atoms with Crippen molar-refractivity contribution >= 4 is 33.3 Å². The molecule has 0 aliphatic heterocycles. The molecule has 2 amide bonds. The van der Waals surface area contributed by atoms with Crippen molar-refractivity contribution in [3.8, 4) is 11.6 Å². The quantitative estimate of drug-likeness (QED) is 0.563. The first kappa shape index (κ1) is 17.9. The van der Waals surface area contributed by atoms with Crippen LogP contribution in [0.5, 0.6) is 11.6 Å². The molecular formula is C18H18BrN5O2. The Kier molecular flexibility index (Phi) is 5.22. The summed E-state index contributed by atoms with van der Waals surface area (Å²) in [5, 5.41) is 12.5. The van der Waals surface area contributed by atoms with Crippen LogP contribution >= 0.6 is 15.9 Å². The largest absolute Gasteiger partial charge is 0.438 e. The lowest BCUT2D eigenvalue weighted by molar-refractivity contribution is 0.262. The van der Waals surface area contributed by atoms with Crippen molar-refractivity contribution < 1.29 is 9.53 Å². The number of anilines is 2. The Hall–Kier alpha value is -2.87. The minimum atomic E-state index is -0.355. The molecule has 2 heterocycles. The van der Waals surface area contributed by atoms with E-state index in [0.29, 0.717) is 23.0 Å². The molecule has 0 aliphatic carbocycles. The van der Waals surface area contributed by atoms with Crippen molar-refractivity contribution in [2.45, 2.75) is 20.8 Å². The van der Waals surface area contributed by atoms with Gasteiger partial charge in [0.1, 0.15) is 5.75 Å². The number of aromatic nitrogens is 3. The summed E-state index contributed by atoms with van der Waals surface area (Å²) in [6.07, 6.45) is 1.65. The number of rotatable bonds is 4. The smallest absolute Gasteiger partial charge is 0.323 e. The number of nitrogens with zero attached hydrogens (tertiary/aromatic N) is 2. The van der Waals surface area contributed by atoms with Crippen molar-refractivity contribution in [1.29, 1.82) is 0 Å². The third-order valence-corrected chi connectivity index (χ3v) is 4.35. The molecule has 0 bridgehead atoms. The van der Waals surface area contributed by atoms with E-state index in [4.69, 9.17) is 4.74 Å². The van der Waals surface area contributed by atoms with Crippen molar-refractivity contribution in [3.63, 3.8) is 0 Å². The number of hydrogen-bond donors (Lipinski definition) is 3. The van der Waals surface area contributed by atoms with Gasteiger partial charge in [-0.3, -0.25) is 5.10 Å². The standard InChI is InChI=1S/C18H18BrN5O2/c1-10-6-7-13(9-15(10)26-17-14(19)5-4-8-20-17)21-18(25)22-16-11(2)23-24-12(16)3/h4-9H,1-3H3,(H,23,24)(H2,21,22,25). The number of ether oxygens (including phenoxy) is 1. The van der Waals surface area contributed by atoms with Crippen LogP contribution in [0, 0.1) is 20.8 Å². The zero-order chi connectivity index (χ0) is 18.7. The number of aromatic amines is 1. The first-order chi connectivity index (χ1) is 12.4. The highest BCUT2D eigenvalue weighted by atomic mass is 79.9. The van der Waals surface area contributed by atoms with E-state index in [9.17, 15) is 4.79 Å². The lowest BCUT2D eigenvalue weighted by Crippen LogP contribution is -2.20. The number of hydrogen-bond acceptors (Lipinski definition) is 4. The zero-order valence-corrected chi connectivity index (χ0v) is 16.1. The van der Waals surface area contributed by atoms with E-state index in [1.807, 2.05) is 45.0 Å². The van der Waals surface area contributed by atoms with Crippen LogP contribution in [0.15, 0.2) is 41.0 Å². The van der Waals surface area contributed by atoms with Crippen molar-refractivity contribution in [3.05, 3.63) is 58.0 Å².